The number of rotatable bonds is 4. The lowest BCUT2D eigenvalue weighted by atomic mass is 10.0. The molecule has 1 aliphatic heterocycles. The molecule has 1 heterocycles. The fourth-order valence-electron chi connectivity index (χ4n) is 2.37. The van der Waals surface area contributed by atoms with Gasteiger partial charge in [0.05, 0.1) is 5.56 Å². The minimum Gasteiger partial charge on any atom is -0.478 e. The maximum Gasteiger partial charge on any atom is 0.335 e. The third-order valence-electron chi connectivity index (χ3n) is 3.60. The standard InChI is InChI=1S/C14H20N2O2/c1-16-9-3-2-4-13(16)10-15-12-7-5-11(6-8-12)14(17)18/h5-8,13,15H,2-4,9-10H2,1H3,(H,17,18). The summed E-state index contributed by atoms with van der Waals surface area (Å²) in [6.45, 7) is 2.09. The maximum absolute atomic E-state index is 10.7. The van der Waals surface area contributed by atoms with Crippen LogP contribution in [0.1, 0.15) is 29.6 Å². The van der Waals surface area contributed by atoms with E-state index in [4.69, 9.17) is 5.11 Å². The SMILES string of the molecule is CN1CCCCC1CNc1ccc(C(=O)O)cc1. The summed E-state index contributed by atoms with van der Waals surface area (Å²) in [5.41, 5.74) is 1.31. The van der Waals surface area contributed by atoms with Crippen molar-refractivity contribution in [2.45, 2.75) is 25.3 Å². The third-order valence-corrected chi connectivity index (χ3v) is 3.60. The van der Waals surface area contributed by atoms with Crippen molar-refractivity contribution in [3.8, 4) is 0 Å². The Hall–Kier alpha value is -1.55. The highest BCUT2D eigenvalue weighted by Crippen LogP contribution is 2.16. The van der Waals surface area contributed by atoms with Crippen LogP contribution in [-0.4, -0.2) is 42.2 Å². The number of likely N-dealkylation sites (N-methyl/N-ethyl adjacent to an activating group) is 1. The number of nitrogens with one attached hydrogen (secondary N) is 1. The van der Waals surface area contributed by atoms with E-state index in [1.165, 1.54) is 25.8 Å². The van der Waals surface area contributed by atoms with E-state index in [9.17, 15) is 4.79 Å². The van der Waals surface area contributed by atoms with Crippen molar-refractivity contribution >= 4 is 11.7 Å². The van der Waals surface area contributed by atoms with Crippen molar-refractivity contribution in [3.63, 3.8) is 0 Å². The van der Waals surface area contributed by atoms with E-state index in [0.29, 0.717) is 11.6 Å². The molecule has 2 rings (SSSR count). The number of anilines is 1. The molecule has 4 heteroatoms. The Morgan fingerprint density at radius 1 is 1.39 bits per heavy atom. The Labute approximate surface area is 108 Å². The van der Waals surface area contributed by atoms with Gasteiger partial charge in [-0.25, -0.2) is 4.79 Å². The molecule has 98 valence electrons. The summed E-state index contributed by atoms with van der Waals surface area (Å²) < 4.78 is 0. The van der Waals surface area contributed by atoms with Gasteiger partial charge in [-0.3, -0.25) is 0 Å². The first-order valence-corrected chi connectivity index (χ1v) is 6.44. The van der Waals surface area contributed by atoms with Crippen LogP contribution >= 0.6 is 0 Å². The Morgan fingerprint density at radius 2 is 2.11 bits per heavy atom. The minimum atomic E-state index is -0.881. The number of carboxylic acid groups (broad SMARTS) is 1. The summed E-state index contributed by atoms with van der Waals surface area (Å²) in [7, 11) is 2.17. The zero-order chi connectivity index (χ0) is 13.0. The van der Waals surface area contributed by atoms with Crippen LogP contribution in [-0.2, 0) is 0 Å². The van der Waals surface area contributed by atoms with E-state index >= 15 is 0 Å². The zero-order valence-corrected chi connectivity index (χ0v) is 10.7. The van der Waals surface area contributed by atoms with Crippen LogP contribution < -0.4 is 5.32 Å². The van der Waals surface area contributed by atoms with E-state index < -0.39 is 5.97 Å². The van der Waals surface area contributed by atoms with Crippen molar-refractivity contribution in [2.75, 3.05) is 25.5 Å². The molecule has 0 radical (unpaired) electrons. The van der Waals surface area contributed by atoms with Gasteiger partial charge in [-0.2, -0.15) is 0 Å². The lowest BCUT2D eigenvalue weighted by molar-refractivity contribution is 0.0697. The molecule has 1 aromatic carbocycles. The second kappa shape index (κ2) is 5.87. The summed E-state index contributed by atoms with van der Waals surface area (Å²) >= 11 is 0. The van der Waals surface area contributed by atoms with Gasteiger partial charge in [0.25, 0.3) is 0 Å². The van der Waals surface area contributed by atoms with Gasteiger partial charge in [0.15, 0.2) is 0 Å². The predicted octanol–water partition coefficient (Wildman–Crippen LogP) is 2.28. The lowest BCUT2D eigenvalue weighted by Gasteiger charge is -2.32. The normalized spacial score (nSPS) is 20.6. The molecule has 0 aromatic heterocycles. The summed E-state index contributed by atoms with van der Waals surface area (Å²) in [4.78, 5) is 13.1. The summed E-state index contributed by atoms with van der Waals surface area (Å²) in [5.74, 6) is -0.881. The number of benzene rings is 1. The van der Waals surface area contributed by atoms with Crippen molar-refractivity contribution in [3.05, 3.63) is 29.8 Å². The fraction of sp³-hybridized carbons (Fsp3) is 0.500. The monoisotopic (exact) mass is 248 g/mol. The molecule has 0 bridgehead atoms. The van der Waals surface area contributed by atoms with Gasteiger partial charge in [-0.1, -0.05) is 6.42 Å². The molecule has 1 atom stereocenters. The van der Waals surface area contributed by atoms with Crippen LogP contribution in [0.25, 0.3) is 0 Å². The maximum atomic E-state index is 10.7. The van der Waals surface area contributed by atoms with Crippen LogP contribution in [0.5, 0.6) is 0 Å². The minimum absolute atomic E-state index is 0.329. The van der Waals surface area contributed by atoms with Crippen LogP contribution in [0.4, 0.5) is 5.69 Å². The fourth-order valence-corrected chi connectivity index (χ4v) is 2.37. The molecule has 1 saturated heterocycles. The largest absolute Gasteiger partial charge is 0.478 e. The van der Waals surface area contributed by atoms with Gasteiger partial charge in [0.2, 0.25) is 0 Å². The molecule has 1 unspecified atom stereocenters. The number of carbonyl (C=O) groups is 1. The topological polar surface area (TPSA) is 52.6 Å². The molecule has 0 amide bonds. The molecule has 0 saturated carbocycles. The summed E-state index contributed by atoms with van der Waals surface area (Å²) in [5, 5.41) is 12.2. The van der Waals surface area contributed by atoms with Crippen LogP contribution in [0, 0.1) is 0 Å². The van der Waals surface area contributed by atoms with Crippen LogP contribution in [0.2, 0.25) is 0 Å². The Kier molecular flexibility index (Phi) is 4.20. The van der Waals surface area contributed by atoms with Crippen LogP contribution in [0.3, 0.4) is 0 Å². The van der Waals surface area contributed by atoms with Crippen molar-refractivity contribution in [1.29, 1.82) is 0 Å². The average molecular weight is 248 g/mol. The van der Waals surface area contributed by atoms with Gasteiger partial charge in [-0.05, 0) is 50.7 Å². The molecular weight excluding hydrogens is 228 g/mol. The smallest absolute Gasteiger partial charge is 0.335 e. The molecule has 0 spiro atoms. The third kappa shape index (κ3) is 3.23. The van der Waals surface area contributed by atoms with Gasteiger partial charge in [0.1, 0.15) is 0 Å². The van der Waals surface area contributed by atoms with Crippen molar-refractivity contribution in [2.24, 2.45) is 0 Å². The molecule has 1 aromatic rings. The summed E-state index contributed by atoms with van der Waals surface area (Å²) in [6, 6.07) is 7.50. The number of likely N-dealkylation sites (tertiary alicyclic amines) is 1. The molecule has 0 aliphatic carbocycles. The Morgan fingerprint density at radius 3 is 2.72 bits per heavy atom. The summed E-state index contributed by atoms with van der Waals surface area (Å²) in [6.07, 6.45) is 3.83. The van der Waals surface area contributed by atoms with E-state index in [0.717, 1.165) is 12.2 Å². The Balaban J connectivity index is 1.87. The van der Waals surface area contributed by atoms with Crippen molar-refractivity contribution < 1.29 is 9.90 Å². The molecular formula is C14H20N2O2. The first kappa shape index (κ1) is 12.9. The number of hydrogen-bond acceptors (Lipinski definition) is 3. The molecule has 1 aliphatic rings. The highest BCUT2D eigenvalue weighted by atomic mass is 16.4. The van der Waals surface area contributed by atoms with E-state index in [-0.39, 0.29) is 0 Å². The highest BCUT2D eigenvalue weighted by molar-refractivity contribution is 5.87. The zero-order valence-electron chi connectivity index (χ0n) is 10.7. The molecule has 18 heavy (non-hydrogen) atoms. The molecule has 1 fully saturated rings. The lowest BCUT2D eigenvalue weighted by Crippen LogP contribution is -2.40. The van der Waals surface area contributed by atoms with Gasteiger partial charge in [0, 0.05) is 18.3 Å². The van der Waals surface area contributed by atoms with Gasteiger partial charge < -0.3 is 15.3 Å². The van der Waals surface area contributed by atoms with Gasteiger partial charge >= 0.3 is 5.97 Å². The number of carboxylic acids is 1. The van der Waals surface area contributed by atoms with Crippen LogP contribution in [0.15, 0.2) is 24.3 Å². The highest BCUT2D eigenvalue weighted by Gasteiger charge is 2.18. The number of aromatic carboxylic acids is 1. The second-order valence-electron chi connectivity index (χ2n) is 4.89. The molecule has 2 N–H and O–H groups in total. The van der Waals surface area contributed by atoms with E-state index in [2.05, 4.69) is 17.3 Å². The predicted molar refractivity (Wildman–Crippen MR) is 72.2 cm³/mol. The van der Waals surface area contributed by atoms with Gasteiger partial charge in [-0.15, -0.1) is 0 Å². The second-order valence-corrected chi connectivity index (χ2v) is 4.89. The number of hydrogen-bond donors (Lipinski definition) is 2. The first-order chi connectivity index (χ1) is 8.66. The average Bonchev–Trinajstić information content (AvgIpc) is 2.38. The Bertz CT molecular complexity index is 403. The number of nitrogens with zero attached hydrogens (tertiary/aromatic N) is 1. The molecule has 4 nitrogen and oxygen atoms in total. The van der Waals surface area contributed by atoms with Crippen molar-refractivity contribution in [1.82, 2.24) is 4.90 Å². The van der Waals surface area contributed by atoms with E-state index in [1.54, 1.807) is 12.1 Å². The number of piperidine rings is 1. The quantitative estimate of drug-likeness (QED) is 0.858. The van der Waals surface area contributed by atoms with E-state index in [1.807, 2.05) is 12.1 Å². The first-order valence-electron chi connectivity index (χ1n) is 6.44.